The van der Waals surface area contributed by atoms with Crippen molar-refractivity contribution < 1.29 is 17.9 Å². The maximum atomic E-state index is 12.6. The number of benzene rings is 1. The molecule has 2 rings (SSSR count). The molecule has 0 aliphatic carbocycles. The quantitative estimate of drug-likeness (QED) is 0.775. The molecule has 1 aromatic heterocycles. The Balaban J connectivity index is 2.36. The van der Waals surface area contributed by atoms with Crippen LogP contribution >= 0.6 is 11.6 Å². The monoisotopic (exact) mass is 288 g/mol. The first-order chi connectivity index (χ1) is 8.86. The van der Waals surface area contributed by atoms with E-state index in [-0.39, 0.29) is 5.88 Å². The van der Waals surface area contributed by atoms with E-state index >= 15 is 0 Å². The lowest BCUT2D eigenvalue weighted by atomic mass is 10.2. The Bertz CT molecular complexity index is 602. The van der Waals surface area contributed by atoms with E-state index in [9.17, 15) is 13.2 Å². The highest BCUT2D eigenvalue weighted by atomic mass is 35.5. The van der Waals surface area contributed by atoms with E-state index in [2.05, 4.69) is 9.97 Å². The van der Waals surface area contributed by atoms with Gasteiger partial charge in [-0.1, -0.05) is 18.2 Å². The van der Waals surface area contributed by atoms with Crippen molar-refractivity contribution in [1.29, 1.82) is 0 Å². The van der Waals surface area contributed by atoms with E-state index in [0.717, 1.165) is 5.56 Å². The van der Waals surface area contributed by atoms with Gasteiger partial charge < -0.3 is 4.74 Å². The number of hydrogen-bond donors (Lipinski definition) is 0. The van der Waals surface area contributed by atoms with Crippen LogP contribution in [0.1, 0.15) is 11.3 Å². The van der Waals surface area contributed by atoms with E-state index in [0.29, 0.717) is 11.8 Å². The SMILES string of the molecule is Cc1ccccc1Oc1cc(C(F)(F)F)nc(Cl)n1. The minimum absolute atomic E-state index is 0.248. The fourth-order valence-electron chi connectivity index (χ4n) is 1.38. The molecule has 0 amide bonds. The third-order valence-corrected chi connectivity index (χ3v) is 2.44. The first-order valence-electron chi connectivity index (χ1n) is 5.21. The molecule has 0 N–H and O–H groups in total. The predicted octanol–water partition coefficient (Wildman–Crippen LogP) is 4.25. The van der Waals surface area contributed by atoms with Crippen molar-refractivity contribution in [3.05, 3.63) is 46.9 Å². The summed E-state index contributed by atoms with van der Waals surface area (Å²) in [6.07, 6.45) is -4.60. The van der Waals surface area contributed by atoms with Crippen molar-refractivity contribution in [3.63, 3.8) is 0 Å². The van der Waals surface area contributed by atoms with Gasteiger partial charge in [-0.3, -0.25) is 0 Å². The summed E-state index contributed by atoms with van der Waals surface area (Å²) in [7, 11) is 0. The van der Waals surface area contributed by atoms with Crippen LogP contribution in [0.2, 0.25) is 5.28 Å². The lowest BCUT2D eigenvalue weighted by molar-refractivity contribution is -0.141. The van der Waals surface area contributed by atoms with Crippen LogP contribution in [0.3, 0.4) is 0 Å². The van der Waals surface area contributed by atoms with Gasteiger partial charge in [0, 0.05) is 6.07 Å². The molecule has 7 heteroatoms. The molecular formula is C12H8ClF3N2O. The molecule has 0 unspecified atom stereocenters. The highest BCUT2D eigenvalue weighted by Crippen LogP contribution is 2.32. The highest BCUT2D eigenvalue weighted by molar-refractivity contribution is 6.28. The molecule has 0 aliphatic rings. The molecule has 0 bridgehead atoms. The Morgan fingerprint density at radius 1 is 1.16 bits per heavy atom. The predicted molar refractivity (Wildman–Crippen MR) is 63.3 cm³/mol. The van der Waals surface area contributed by atoms with Gasteiger partial charge in [0.2, 0.25) is 11.2 Å². The summed E-state index contributed by atoms with van der Waals surface area (Å²) in [5, 5.41) is -0.515. The van der Waals surface area contributed by atoms with Crippen LogP contribution in [0.15, 0.2) is 30.3 Å². The van der Waals surface area contributed by atoms with Gasteiger partial charge in [0.25, 0.3) is 0 Å². The number of aromatic nitrogens is 2. The van der Waals surface area contributed by atoms with Crippen LogP contribution in [0.25, 0.3) is 0 Å². The van der Waals surface area contributed by atoms with Crippen molar-refractivity contribution in [2.75, 3.05) is 0 Å². The minimum atomic E-state index is -4.60. The topological polar surface area (TPSA) is 35.0 Å². The first-order valence-corrected chi connectivity index (χ1v) is 5.59. The maximum absolute atomic E-state index is 12.6. The molecule has 0 aliphatic heterocycles. The molecule has 0 atom stereocenters. The normalized spacial score (nSPS) is 11.4. The molecular weight excluding hydrogens is 281 g/mol. The van der Waals surface area contributed by atoms with Gasteiger partial charge in [0.15, 0.2) is 5.69 Å². The summed E-state index contributed by atoms with van der Waals surface area (Å²) in [5.41, 5.74) is -0.373. The van der Waals surface area contributed by atoms with Crippen molar-refractivity contribution in [3.8, 4) is 11.6 Å². The van der Waals surface area contributed by atoms with Gasteiger partial charge in [-0.25, -0.2) is 4.98 Å². The summed E-state index contributed by atoms with van der Waals surface area (Å²) in [6, 6.07) is 7.59. The number of rotatable bonds is 2. The fourth-order valence-corrected chi connectivity index (χ4v) is 1.55. The number of para-hydroxylation sites is 1. The summed E-state index contributed by atoms with van der Waals surface area (Å²) in [5.74, 6) is 0.159. The smallest absolute Gasteiger partial charge is 0.433 e. The Morgan fingerprint density at radius 3 is 2.47 bits per heavy atom. The maximum Gasteiger partial charge on any atom is 0.433 e. The molecule has 19 heavy (non-hydrogen) atoms. The van der Waals surface area contributed by atoms with Crippen molar-refractivity contribution >= 4 is 11.6 Å². The molecule has 0 radical (unpaired) electrons. The zero-order valence-electron chi connectivity index (χ0n) is 9.70. The second-order valence-corrected chi connectivity index (χ2v) is 4.06. The average Bonchev–Trinajstić information content (AvgIpc) is 2.30. The number of halogens is 4. The lowest BCUT2D eigenvalue weighted by Gasteiger charge is -2.10. The van der Waals surface area contributed by atoms with Gasteiger partial charge in [0.05, 0.1) is 0 Å². The largest absolute Gasteiger partial charge is 0.439 e. The van der Waals surface area contributed by atoms with Crippen LogP contribution in [0.4, 0.5) is 13.2 Å². The number of hydrogen-bond acceptors (Lipinski definition) is 3. The Labute approximate surface area is 112 Å². The highest BCUT2D eigenvalue weighted by Gasteiger charge is 2.34. The fraction of sp³-hybridized carbons (Fsp3) is 0.167. The summed E-state index contributed by atoms with van der Waals surface area (Å²) in [6.45, 7) is 1.77. The van der Waals surface area contributed by atoms with E-state index in [1.165, 1.54) is 0 Å². The van der Waals surface area contributed by atoms with Crippen LogP contribution in [0.5, 0.6) is 11.6 Å². The average molecular weight is 289 g/mol. The van der Waals surface area contributed by atoms with Crippen LogP contribution in [-0.4, -0.2) is 9.97 Å². The van der Waals surface area contributed by atoms with Gasteiger partial charge in [0.1, 0.15) is 5.75 Å². The van der Waals surface area contributed by atoms with Gasteiger partial charge in [-0.15, -0.1) is 0 Å². The van der Waals surface area contributed by atoms with E-state index in [1.807, 2.05) is 0 Å². The zero-order chi connectivity index (χ0) is 14.0. The van der Waals surface area contributed by atoms with E-state index < -0.39 is 17.2 Å². The van der Waals surface area contributed by atoms with Crippen molar-refractivity contribution in [2.45, 2.75) is 13.1 Å². The molecule has 1 heterocycles. The zero-order valence-corrected chi connectivity index (χ0v) is 10.5. The Morgan fingerprint density at radius 2 is 1.84 bits per heavy atom. The molecule has 1 aromatic carbocycles. The molecule has 0 spiro atoms. The molecule has 2 aromatic rings. The third-order valence-electron chi connectivity index (χ3n) is 2.27. The molecule has 0 fully saturated rings. The van der Waals surface area contributed by atoms with Crippen LogP contribution in [0, 0.1) is 6.92 Å². The molecule has 100 valence electrons. The first kappa shape index (κ1) is 13.6. The van der Waals surface area contributed by atoms with Crippen molar-refractivity contribution in [1.82, 2.24) is 9.97 Å². The van der Waals surface area contributed by atoms with Gasteiger partial charge in [-0.05, 0) is 30.2 Å². The summed E-state index contributed by atoms with van der Waals surface area (Å²) in [4.78, 5) is 6.73. The second-order valence-electron chi connectivity index (χ2n) is 3.73. The molecule has 0 saturated heterocycles. The number of nitrogens with zero attached hydrogens (tertiary/aromatic N) is 2. The number of aryl methyl sites for hydroxylation is 1. The van der Waals surface area contributed by atoms with Gasteiger partial charge in [-0.2, -0.15) is 18.2 Å². The molecule has 0 saturated carbocycles. The summed E-state index contributed by atoms with van der Waals surface area (Å²) >= 11 is 5.46. The molecule has 3 nitrogen and oxygen atoms in total. The van der Waals surface area contributed by atoms with Crippen LogP contribution < -0.4 is 4.74 Å². The van der Waals surface area contributed by atoms with Crippen molar-refractivity contribution in [2.24, 2.45) is 0 Å². The third kappa shape index (κ3) is 3.35. The number of alkyl halides is 3. The second kappa shape index (κ2) is 5.05. The summed E-state index contributed by atoms with van der Waals surface area (Å²) < 4.78 is 43.0. The van der Waals surface area contributed by atoms with Gasteiger partial charge >= 0.3 is 6.18 Å². The Hall–Kier alpha value is -1.82. The van der Waals surface area contributed by atoms with E-state index in [4.69, 9.17) is 16.3 Å². The van der Waals surface area contributed by atoms with E-state index in [1.54, 1.807) is 31.2 Å². The number of ether oxygens (including phenoxy) is 1. The Kier molecular flexibility index (Phi) is 3.61. The minimum Gasteiger partial charge on any atom is -0.439 e. The standard InChI is InChI=1S/C12H8ClF3N2O/c1-7-4-2-3-5-8(7)19-10-6-9(12(14,15)16)17-11(13)18-10/h2-6H,1H3. The lowest BCUT2D eigenvalue weighted by Crippen LogP contribution is -2.09. The van der Waals surface area contributed by atoms with Crippen LogP contribution in [-0.2, 0) is 6.18 Å².